The Bertz CT molecular complexity index is 384. The summed E-state index contributed by atoms with van der Waals surface area (Å²) >= 11 is 0. The predicted molar refractivity (Wildman–Crippen MR) is 95.9 cm³/mol. The van der Waals surface area contributed by atoms with Gasteiger partial charge in [-0.3, -0.25) is 0 Å². The molecule has 7 N–H and O–H groups in total. The van der Waals surface area contributed by atoms with Crippen molar-refractivity contribution in [3.05, 3.63) is 48.5 Å². The molecule has 0 saturated carbocycles. The van der Waals surface area contributed by atoms with Crippen LogP contribution >= 0.6 is 0 Å². The number of hydrogen-bond acceptors (Lipinski definition) is 7. The number of phenols is 2. The first kappa shape index (κ1) is 29.8. The van der Waals surface area contributed by atoms with E-state index in [0.29, 0.717) is 0 Å². The molecule has 0 fully saturated rings. The van der Waals surface area contributed by atoms with Crippen molar-refractivity contribution in [1.29, 1.82) is 0 Å². The summed E-state index contributed by atoms with van der Waals surface area (Å²) in [5, 5.41) is 53.2. The van der Waals surface area contributed by atoms with E-state index < -0.39 is 0 Å². The van der Waals surface area contributed by atoms with Gasteiger partial charge in [-0.25, -0.2) is 0 Å². The van der Waals surface area contributed by atoms with Crippen molar-refractivity contribution in [3.63, 3.8) is 0 Å². The summed E-state index contributed by atoms with van der Waals surface area (Å²) in [6.45, 7) is 0. The zero-order valence-corrected chi connectivity index (χ0v) is 14.7. The maximum atomic E-state index is 9.11. The van der Waals surface area contributed by atoms with Crippen LogP contribution in [0.4, 0.5) is 0 Å². The highest BCUT2D eigenvalue weighted by atomic mass is 16.3. The van der Waals surface area contributed by atoms with Gasteiger partial charge >= 0.3 is 0 Å². The Morgan fingerprint density at radius 1 is 0.375 bits per heavy atom. The van der Waals surface area contributed by atoms with E-state index in [1.807, 2.05) is 24.3 Å². The van der Waals surface area contributed by atoms with E-state index in [4.69, 9.17) is 35.7 Å². The van der Waals surface area contributed by atoms with Crippen LogP contribution in [0.25, 0.3) is 11.1 Å². The van der Waals surface area contributed by atoms with Crippen molar-refractivity contribution in [2.24, 2.45) is 0 Å². The average Bonchev–Trinajstić information content (AvgIpc) is 2.71. The van der Waals surface area contributed by atoms with Crippen LogP contribution in [-0.2, 0) is 0 Å². The second-order valence-corrected chi connectivity index (χ2v) is 3.09. The van der Waals surface area contributed by atoms with Crippen LogP contribution in [0.3, 0.4) is 0 Å². The van der Waals surface area contributed by atoms with E-state index in [2.05, 4.69) is 0 Å². The summed E-state index contributed by atoms with van der Waals surface area (Å²) in [6, 6.07) is 13.9. The maximum absolute atomic E-state index is 9.11. The lowest BCUT2D eigenvalue weighted by Gasteiger charge is -2.01. The van der Waals surface area contributed by atoms with E-state index in [9.17, 15) is 0 Å². The fraction of sp³-hybridized carbons (Fsp3) is 0.294. The third-order valence-electron chi connectivity index (χ3n) is 2.07. The minimum Gasteiger partial charge on any atom is -0.508 e. The summed E-state index contributed by atoms with van der Waals surface area (Å²) in [7, 11) is 5.00. The Morgan fingerprint density at radius 3 is 0.708 bits per heavy atom. The molecule has 7 nitrogen and oxygen atoms in total. The summed E-state index contributed by atoms with van der Waals surface area (Å²) in [5.74, 6) is 0.514. The SMILES string of the molecule is CO.CO.CO.CO.CO.Oc1ccc(-c2ccc(O)cc2)cc1. The molecule has 0 atom stereocenters. The zero-order valence-electron chi connectivity index (χ0n) is 14.7. The van der Waals surface area contributed by atoms with E-state index in [1.165, 1.54) is 0 Å². The monoisotopic (exact) mass is 346 g/mol. The molecule has 140 valence electrons. The molecule has 0 bridgehead atoms. The molecule has 0 aliphatic heterocycles. The molecule has 0 unspecified atom stereocenters. The van der Waals surface area contributed by atoms with Gasteiger partial charge < -0.3 is 35.7 Å². The molecule has 2 rings (SSSR count). The molecule has 2 aromatic carbocycles. The Balaban J connectivity index is -0.000000173. The van der Waals surface area contributed by atoms with Gasteiger partial charge in [0.05, 0.1) is 0 Å². The molecule has 0 spiro atoms. The lowest BCUT2D eigenvalue weighted by Crippen LogP contribution is -1.75. The van der Waals surface area contributed by atoms with E-state index >= 15 is 0 Å². The fourth-order valence-corrected chi connectivity index (χ4v) is 1.31. The predicted octanol–water partition coefficient (Wildman–Crippen LogP) is 0.807. The molecular formula is C17H30O7. The number of aliphatic hydroxyl groups excluding tert-OH is 5. The number of hydrogen-bond donors (Lipinski definition) is 7. The molecule has 0 amide bonds. The van der Waals surface area contributed by atoms with Gasteiger partial charge in [-0.1, -0.05) is 24.3 Å². The molecule has 0 aliphatic carbocycles. The van der Waals surface area contributed by atoms with Crippen LogP contribution in [0, 0.1) is 0 Å². The molecule has 2 aromatic rings. The van der Waals surface area contributed by atoms with Crippen LogP contribution < -0.4 is 0 Å². The minimum atomic E-state index is 0.257. The molecule has 0 heterocycles. The summed E-state index contributed by atoms with van der Waals surface area (Å²) in [6.07, 6.45) is 0. The summed E-state index contributed by atoms with van der Waals surface area (Å²) < 4.78 is 0. The van der Waals surface area contributed by atoms with Gasteiger partial charge in [-0.05, 0) is 35.4 Å². The first-order chi connectivity index (χ1) is 11.8. The van der Waals surface area contributed by atoms with Crippen molar-refractivity contribution >= 4 is 0 Å². The summed E-state index contributed by atoms with van der Waals surface area (Å²) in [4.78, 5) is 0. The molecule has 7 heteroatoms. The second-order valence-electron chi connectivity index (χ2n) is 3.09. The van der Waals surface area contributed by atoms with Crippen molar-refractivity contribution < 1.29 is 35.7 Å². The van der Waals surface area contributed by atoms with Gasteiger partial charge in [0, 0.05) is 35.5 Å². The van der Waals surface area contributed by atoms with Gasteiger partial charge in [0.15, 0.2) is 0 Å². The number of aliphatic hydroxyl groups is 5. The smallest absolute Gasteiger partial charge is 0.115 e. The zero-order chi connectivity index (χ0) is 20.0. The maximum Gasteiger partial charge on any atom is 0.115 e. The topological polar surface area (TPSA) is 142 Å². The molecule has 0 aliphatic rings. The van der Waals surface area contributed by atoms with Crippen LogP contribution in [0.2, 0.25) is 0 Å². The average molecular weight is 346 g/mol. The van der Waals surface area contributed by atoms with Crippen LogP contribution in [0.15, 0.2) is 48.5 Å². The molecule has 0 aromatic heterocycles. The number of phenolic OH excluding ortho intramolecular Hbond substituents is 2. The number of benzene rings is 2. The highest BCUT2D eigenvalue weighted by Crippen LogP contribution is 2.23. The van der Waals surface area contributed by atoms with E-state index in [1.54, 1.807) is 24.3 Å². The van der Waals surface area contributed by atoms with E-state index in [0.717, 1.165) is 46.7 Å². The molecular weight excluding hydrogens is 316 g/mol. The largest absolute Gasteiger partial charge is 0.508 e. The van der Waals surface area contributed by atoms with Gasteiger partial charge in [0.25, 0.3) is 0 Å². The van der Waals surface area contributed by atoms with Crippen LogP contribution in [0.1, 0.15) is 0 Å². The second kappa shape index (κ2) is 25.8. The lowest BCUT2D eigenvalue weighted by molar-refractivity contribution is 0.399. The van der Waals surface area contributed by atoms with Crippen molar-refractivity contribution in [3.8, 4) is 22.6 Å². The molecule has 0 radical (unpaired) electrons. The minimum absolute atomic E-state index is 0.257. The first-order valence-corrected chi connectivity index (χ1v) is 6.58. The standard InChI is InChI=1S/C12H10O2.5CH4O/c13-11-5-1-9(2-6-11)10-3-7-12(14)8-4-10;5*1-2/h1-8,13-14H;5*2H,1H3. The Hall–Kier alpha value is -2.16. The first-order valence-electron chi connectivity index (χ1n) is 6.58. The lowest BCUT2D eigenvalue weighted by atomic mass is 10.1. The third-order valence-corrected chi connectivity index (χ3v) is 2.07. The van der Waals surface area contributed by atoms with Crippen molar-refractivity contribution in [2.75, 3.05) is 35.5 Å². The van der Waals surface area contributed by atoms with Gasteiger partial charge in [-0.15, -0.1) is 0 Å². The van der Waals surface area contributed by atoms with Crippen molar-refractivity contribution in [2.45, 2.75) is 0 Å². The number of aromatic hydroxyl groups is 2. The summed E-state index contributed by atoms with van der Waals surface area (Å²) in [5.41, 5.74) is 2.03. The van der Waals surface area contributed by atoms with Crippen molar-refractivity contribution in [1.82, 2.24) is 0 Å². The quantitative estimate of drug-likeness (QED) is 0.405. The van der Waals surface area contributed by atoms with E-state index in [-0.39, 0.29) is 11.5 Å². The highest BCUT2D eigenvalue weighted by Gasteiger charge is 1.96. The van der Waals surface area contributed by atoms with Crippen LogP contribution in [0.5, 0.6) is 11.5 Å². The Morgan fingerprint density at radius 2 is 0.542 bits per heavy atom. The fourth-order valence-electron chi connectivity index (χ4n) is 1.31. The molecule has 0 saturated heterocycles. The third kappa shape index (κ3) is 14.8. The molecule has 24 heavy (non-hydrogen) atoms. The highest BCUT2D eigenvalue weighted by molar-refractivity contribution is 5.64. The normalized spacial score (nSPS) is 7.08. The Kier molecular flexibility index (Phi) is 32.0. The van der Waals surface area contributed by atoms with Gasteiger partial charge in [-0.2, -0.15) is 0 Å². The Labute approximate surface area is 143 Å². The van der Waals surface area contributed by atoms with Gasteiger partial charge in [0.1, 0.15) is 11.5 Å². The van der Waals surface area contributed by atoms with Gasteiger partial charge in [0.2, 0.25) is 0 Å². The number of rotatable bonds is 1. The van der Waals surface area contributed by atoms with Crippen LogP contribution in [-0.4, -0.2) is 71.3 Å².